The van der Waals surface area contributed by atoms with Crippen LogP contribution in [0.4, 0.5) is 0 Å². The van der Waals surface area contributed by atoms with Crippen molar-refractivity contribution in [3.63, 3.8) is 0 Å². The zero-order chi connectivity index (χ0) is 14.2. The molecule has 2 aliphatic rings. The Bertz CT molecular complexity index is 602. The van der Waals surface area contributed by atoms with Crippen molar-refractivity contribution < 1.29 is 4.74 Å². The van der Waals surface area contributed by atoms with Gasteiger partial charge in [-0.3, -0.25) is 0 Å². The van der Waals surface area contributed by atoms with E-state index in [4.69, 9.17) is 4.74 Å². The molecule has 1 aliphatic heterocycles. The third-order valence-corrected chi connectivity index (χ3v) is 4.51. The summed E-state index contributed by atoms with van der Waals surface area (Å²) in [5.74, 6) is 2.90. The lowest BCUT2D eigenvalue weighted by molar-refractivity contribution is 0.397. The van der Waals surface area contributed by atoms with Crippen LogP contribution in [0.2, 0.25) is 0 Å². The summed E-state index contributed by atoms with van der Waals surface area (Å²) < 4.78 is 6.04. The largest absolute Gasteiger partial charge is 0.457 e. The van der Waals surface area contributed by atoms with Crippen molar-refractivity contribution in [1.29, 1.82) is 0 Å². The van der Waals surface area contributed by atoms with Crippen LogP contribution in [0, 0.1) is 5.92 Å². The minimum absolute atomic E-state index is 0.236. The van der Waals surface area contributed by atoms with Crippen LogP contribution in [-0.4, -0.2) is 6.04 Å². The van der Waals surface area contributed by atoms with Gasteiger partial charge in [-0.15, -0.1) is 0 Å². The lowest BCUT2D eigenvalue weighted by Gasteiger charge is -2.31. The Morgan fingerprint density at radius 1 is 1.00 bits per heavy atom. The Balaban J connectivity index is 1.67. The van der Waals surface area contributed by atoms with Crippen LogP contribution in [0.3, 0.4) is 0 Å². The van der Waals surface area contributed by atoms with E-state index in [0.717, 1.165) is 17.4 Å². The molecule has 4 rings (SSSR count). The van der Waals surface area contributed by atoms with Gasteiger partial charge < -0.3 is 10.1 Å². The second-order valence-electron chi connectivity index (χ2n) is 6.36. The summed E-state index contributed by atoms with van der Waals surface area (Å²) in [5.41, 5.74) is 2.50. The fourth-order valence-corrected chi connectivity index (χ4v) is 3.30. The molecule has 0 spiro atoms. The number of hydrogen-bond acceptors (Lipinski definition) is 2. The molecule has 108 valence electrons. The van der Waals surface area contributed by atoms with Gasteiger partial charge in [0.05, 0.1) is 6.04 Å². The molecule has 1 atom stereocenters. The van der Waals surface area contributed by atoms with Gasteiger partial charge in [0.1, 0.15) is 11.5 Å². The summed E-state index contributed by atoms with van der Waals surface area (Å²) in [7, 11) is 0. The molecule has 2 aromatic carbocycles. The van der Waals surface area contributed by atoms with Gasteiger partial charge in [0.25, 0.3) is 0 Å². The molecule has 1 N–H and O–H groups in total. The monoisotopic (exact) mass is 279 g/mol. The molecule has 0 saturated heterocycles. The topological polar surface area (TPSA) is 21.3 Å². The number of benzene rings is 2. The number of hydrogen-bond donors (Lipinski definition) is 1. The molecule has 1 fully saturated rings. The maximum Gasteiger partial charge on any atom is 0.132 e. The lowest BCUT2D eigenvalue weighted by Crippen LogP contribution is -2.33. The van der Waals surface area contributed by atoms with E-state index >= 15 is 0 Å². The zero-order valence-corrected chi connectivity index (χ0v) is 12.4. The molecule has 2 heteroatoms. The van der Waals surface area contributed by atoms with Crippen molar-refractivity contribution >= 4 is 0 Å². The Labute approximate surface area is 126 Å². The maximum atomic E-state index is 6.04. The number of nitrogens with one attached hydrogen (secondary N) is 1. The summed E-state index contributed by atoms with van der Waals surface area (Å²) in [4.78, 5) is 0. The Kier molecular flexibility index (Phi) is 3.19. The second kappa shape index (κ2) is 5.19. The standard InChI is InChI=1S/C19H21NO/c1-13(12-14-10-11-14)20-19-15-6-2-4-8-17(15)21-18-9-5-3-7-16(18)19/h2-9,13-14,19-20H,10-12H2,1H3. The molecule has 2 aromatic rings. The Hall–Kier alpha value is -1.80. The average Bonchev–Trinajstić information content (AvgIpc) is 3.31. The van der Waals surface area contributed by atoms with Crippen LogP contribution in [0.5, 0.6) is 11.5 Å². The van der Waals surface area contributed by atoms with E-state index in [1.807, 2.05) is 12.1 Å². The smallest absolute Gasteiger partial charge is 0.132 e. The molecule has 0 radical (unpaired) electrons. The Morgan fingerprint density at radius 2 is 1.57 bits per heavy atom. The first kappa shape index (κ1) is 12.9. The van der Waals surface area contributed by atoms with Gasteiger partial charge in [0.15, 0.2) is 0 Å². The number of fused-ring (bicyclic) bond motifs is 2. The van der Waals surface area contributed by atoms with Crippen LogP contribution < -0.4 is 10.1 Å². The maximum absolute atomic E-state index is 6.04. The molecule has 0 bridgehead atoms. The molecule has 1 heterocycles. The van der Waals surface area contributed by atoms with Crippen LogP contribution >= 0.6 is 0 Å². The highest BCUT2D eigenvalue weighted by Gasteiger charge is 2.29. The van der Waals surface area contributed by atoms with Gasteiger partial charge in [-0.05, 0) is 31.4 Å². The van der Waals surface area contributed by atoms with Gasteiger partial charge in [-0.25, -0.2) is 0 Å². The number of ether oxygens (including phenoxy) is 1. The van der Waals surface area contributed by atoms with Crippen LogP contribution in [-0.2, 0) is 0 Å². The normalized spacial score (nSPS) is 18.5. The van der Waals surface area contributed by atoms with E-state index < -0.39 is 0 Å². The molecule has 21 heavy (non-hydrogen) atoms. The zero-order valence-electron chi connectivity index (χ0n) is 12.4. The van der Waals surface area contributed by atoms with Gasteiger partial charge in [0.2, 0.25) is 0 Å². The summed E-state index contributed by atoms with van der Waals surface area (Å²) in [5, 5.41) is 3.82. The van der Waals surface area contributed by atoms with E-state index in [1.54, 1.807) is 0 Å². The quantitative estimate of drug-likeness (QED) is 0.879. The highest BCUT2D eigenvalue weighted by Crippen LogP contribution is 2.43. The number of rotatable bonds is 4. The van der Waals surface area contributed by atoms with E-state index in [-0.39, 0.29) is 6.04 Å². The predicted octanol–water partition coefficient (Wildman–Crippen LogP) is 4.66. The lowest BCUT2D eigenvalue weighted by atomic mass is 9.93. The van der Waals surface area contributed by atoms with E-state index in [0.29, 0.717) is 6.04 Å². The molecular formula is C19H21NO. The fourth-order valence-electron chi connectivity index (χ4n) is 3.30. The summed E-state index contributed by atoms with van der Waals surface area (Å²) >= 11 is 0. The van der Waals surface area contributed by atoms with Gasteiger partial charge >= 0.3 is 0 Å². The Morgan fingerprint density at radius 3 is 2.14 bits per heavy atom. The van der Waals surface area contributed by atoms with Crippen LogP contribution in [0.1, 0.15) is 43.4 Å². The first-order valence-corrected chi connectivity index (χ1v) is 7.93. The summed E-state index contributed by atoms with van der Waals surface area (Å²) in [6, 6.07) is 17.5. The highest BCUT2D eigenvalue weighted by atomic mass is 16.5. The molecule has 1 unspecified atom stereocenters. The minimum Gasteiger partial charge on any atom is -0.457 e. The third kappa shape index (κ3) is 2.56. The first-order chi connectivity index (χ1) is 10.3. The number of para-hydroxylation sites is 2. The first-order valence-electron chi connectivity index (χ1n) is 7.93. The molecule has 0 aromatic heterocycles. The highest BCUT2D eigenvalue weighted by molar-refractivity contribution is 5.52. The average molecular weight is 279 g/mol. The molecule has 1 aliphatic carbocycles. The molecule has 0 amide bonds. The minimum atomic E-state index is 0.236. The van der Waals surface area contributed by atoms with Gasteiger partial charge in [0, 0.05) is 17.2 Å². The molecule has 1 saturated carbocycles. The van der Waals surface area contributed by atoms with E-state index in [9.17, 15) is 0 Å². The summed E-state index contributed by atoms with van der Waals surface area (Å²) in [6.07, 6.45) is 4.10. The van der Waals surface area contributed by atoms with Crippen molar-refractivity contribution in [2.24, 2.45) is 5.92 Å². The molecular weight excluding hydrogens is 258 g/mol. The molecule has 2 nitrogen and oxygen atoms in total. The second-order valence-corrected chi connectivity index (χ2v) is 6.36. The van der Waals surface area contributed by atoms with Crippen molar-refractivity contribution in [2.45, 2.75) is 38.3 Å². The fraction of sp³-hybridized carbons (Fsp3) is 0.368. The van der Waals surface area contributed by atoms with Crippen molar-refractivity contribution in [1.82, 2.24) is 5.32 Å². The van der Waals surface area contributed by atoms with Crippen molar-refractivity contribution in [3.05, 3.63) is 59.7 Å². The van der Waals surface area contributed by atoms with Crippen molar-refractivity contribution in [3.8, 4) is 11.5 Å². The SMILES string of the molecule is CC(CC1CC1)NC1c2ccccc2Oc2ccccc21. The summed E-state index contributed by atoms with van der Waals surface area (Å²) in [6.45, 7) is 2.30. The van der Waals surface area contributed by atoms with E-state index in [2.05, 4.69) is 48.6 Å². The van der Waals surface area contributed by atoms with Crippen molar-refractivity contribution in [2.75, 3.05) is 0 Å². The van der Waals surface area contributed by atoms with Crippen LogP contribution in [0.15, 0.2) is 48.5 Å². The van der Waals surface area contributed by atoms with E-state index in [1.165, 1.54) is 30.4 Å². The van der Waals surface area contributed by atoms with Crippen LogP contribution in [0.25, 0.3) is 0 Å². The van der Waals surface area contributed by atoms with Gasteiger partial charge in [-0.2, -0.15) is 0 Å². The third-order valence-electron chi connectivity index (χ3n) is 4.51. The predicted molar refractivity (Wildman–Crippen MR) is 84.7 cm³/mol. The van der Waals surface area contributed by atoms with Gasteiger partial charge in [-0.1, -0.05) is 49.2 Å².